The number of thiazole rings is 1. The van der Waals surface area contributed by atoms with Gasteiger partial charge in [0.25, 0.3) is 5.91 Å². The van der Waals surface area contributed by atoms with Crippen molar-refractivity contribution in [2.24, 2.45) is 0 Å². The molecule has 0 atom stereocenters. The van der Waals surface area contributed by atoms with Crippen LogP contribution in [-0.4, -0.2) is 51.9 Å². The van der Waals surface area contributed by atoms with E-state index in [1.807, 2.05) is 18.7 Å². The van der Waals surface area contributed by atoms with E-state index in [-0.39, 0.29) is 5.91 Å². The maximum absolute atomic E-state index is 12.5. The predicted molar refractivity (Wildman–Crippen MR) is 86.4 cm³/mol. The normalized spacial score (nSPS) is 15.7. The summed E-state index contributed by atoms with van der Waals surface area (Å²) in [5.41, 5.74) is 2.29. The highest BCUT2D eigenvalue weighted by Crippen LogP contribution is 2.21. The molecule has 7 heteroatoms. The first-order valence-corrected chi connectivity index (χ1v) is 8.26. The summed E-state index contributed by atoms with van der Waals surface area (Å²) in [6.45, 7) is 7.03. The van der Waals surface area contributed by atoms with Crippen LogP contribution in [0.15, 0.2) is 17.8 Å². The van der Waals surface area contributed by atoms with E-state index in [4.69, 9.17) is 0 Å². The molecule has 1 fully saturated rings. The lowest BCUT2D eigenvalue weighted by molar-refractivity contribution is 0.0760. The lowest BCUT2D eigenvalue weighted by atomic mass is 10.3. The Morgan fingerprint density at radius 3 is 2.64 bits per heavy atom. The van der Waals surface area contributed by atoms with E-state index in [1.54, 1.807) is 23.7 Å². The number of aromatic nitrogens is 3. The molecule has 0 spiro atoms. The Morgan fingerprint density at radius 2 is 1.95 bits per heavy atom. The number of carbonyl (C=O) groups is 1. The summed E-state index contributed by atoms with van der Waals surface area (Å²) in [7, 11) is 0. The second kappa shape index (κ2) is 6.39. The summed E-state index contributed by atoms with van der Waals surface area (Å²) in [5, 5.41) is 3.10. The second-order valence-corrected chi connectivity index (χ2v) is 6.28. The quantitative estimate of drug-likeness (QED) is 0.846. The minimum atomic E-state index is -0.0373. The van der Waals surface area contributed by atoms with Gasteiger partial charge in [-0.25, -0.2) is 9.97 Å². The molecule has 0 bridgehead atoms. The number of carbonyl (C=O) groups excluding carboxylic acids is 1. The SMILES string of the molecule is Cc1cnc(C(=O)N2CCCN(c3nc(C)cs3)CC2)cn1. The van der Waals surface area contributed by atoms with E-state index in [1.165, 1.54) is 0 Å². The van der Waals surface area contributed by atoms with Crippen molar-refractivity contribution in [1.82, 2.24) is 19.9 Å². The Morgan fingerprint density at radius 1 is 1.09 bits per heavy atom. The predicted octanol–water partition coefficient (Wildman–Crippen LogP) is 1.90. The fraction of sp³-hybridized carbons (Fsp3) is 0.467. The molecule has 0 aliphatic carbocycles. The van der Waals surface area contributed by atoms with Crippen molar-refractivity contribution in [3.63, 3.8) is 0 Å². The summed E-state index contributed by atoms with van der Waals surface area (Å²) in [6.07, 6.45) is 4.13. The van der Waals surface area contributed by atoms with Crippen molar-refractivity contribution >= 4 is 22.4 Å². The molecule has 2 aromatic rings. The number of anilines is 1. The molecule has 0 saturated carbocycles. The molecule has 6 nitrogen and oxygen atoms in total. The first-order chi connectivity index (χ1) is 10.6. The third-order valence-electron chi connectivity index (χ3n) is 3.66. The zero-order valence-corrected chi connectivity index (χ0v) is 13.6. The molecule has 3 rings (SSSR count). The van der Waals surface area contributed by atoms with Gasteiger partial charge in [0, 0.05) is 37.8 Å². The highest BCUT2D eigenvalue weighted by Gasteiger charge is 2.22. The molecular formula is C15H19N5OS. The molecule has 3 heterocycles. The molecule has 1 aliphatic rings. The Kier molecular flexibility index (Phi) is 4.33. The fourth-order valence-corrected chi connectivity index (χ4v) is 3.32. The molecule has 0 N–H and O–H groups in total. The second-order valence-electron chi connectivity index (χ2n) is 5.45. The zero-order valence-electron chi connectivity index (χ0n) is 12.8. The van der Waals surface area contributed by atoms with E-state index in [0.717, 1.165) is 42.6 Å². The van der Waals surface area contributed by atoms with Crippen LogP contribution in [0.3, 0.4) is 0 Å². The monoisotopic (exact) mass is 317 g/mol. The van der Waals surface area contributed by atoms with Gasteiger partial charge < -0.3 is 9.80 Å². The van der Waals surface area contributed by atoms with E-state index in [0.29, 0.717) is 12.2 Å². The highest BCUT2D eigenvalue weighted by molar-refractivity contribution is 7.13. The number of hydrogen-bond donors (Lipinski definition) is 0. The summed E-state index contributed by atoms with van der Waals surface area (Å²) in [4.78, 5) is 29.5. The molecule has 116 valence electrons. The lowest BCUT2D eigenvalue weighted by Gasteiger charge is -2.21. The topological polar surface area (TPSA) is 62.2 Å². The van der Waals surface area contributed by atoms with Crippen LogP contribution in [0.5, 0.6) is 0 Å². The van der Waals surface area contributed by atoms with E-state index < -0.39 is 0 Å². The van der Waals surface area contributed by atoms with Crippen LogP contribution < -0.4 is 4.90 Å². The van der Waals surface area contributed by atoms with Gasteiger partial charge in [0.05, 0.1) is 17.6 Å². The van der Waals surface area contributed by atoms with Gasteiger partial charge in [-0.2, -0.15) is 0 Å². The number of nitrogens with zero attached hydrogens (tertiary/aromatic N) is 5. The highest BCUT2D eigenvalue weighted by atomic mass is 32.1. The van der Waals surface area contributed by atoms with E-state index in [2.05, 4.69) is 25.2 Å². The molecule has 2 aromatic heterocycles. The largest absolute Gasteiger partial charge is 0.346 e. The van der Waals surface area contributed by atoms with Gasteiger partial charge in [-0.3, -0.25) is 9.78 Å². The van der Waals surface area contributed by atoms with Crippen LogP contribution in [0.4, 0.5) is 5.13 Å². The van der Waals surface area contributed by atoms with Crippen LogP contribution >= 0.6 is 11.3 Å². The minimum absolute atomic E-state index is 0.0373. The molecule has 1 saturated heterocycles. The summed E-state index contributed by atoms with van der Waals surface area (Å²) >= 11 is 1.66. The smallest absolute Gasteiger partial charge is 0.274 e. The van der Waals surface area contributed by atoms with Gasteiger partial charge >= 0.3 is 0 Å². The number of hydrogen-bond acceptors (Lipinski definition) is 6. The number of rotatable bonds is 2. The van der Waals surface area contributed by atoms with Crippen LogP contribution in [0, 0.1) is 13.8 Å². The Labute approximate surface area is 133 Å². The van der Waals surface area contributed by atoms with Gasteiger partial charge in [-0.15, -0.1) is 11.3 Å². The van der Waals surface area contributed by atoms with Crippen LogP contribution in [0.2, 0.25) is 0 Å². The molecule has 0 radical (unpaired) electrons. The van der Waals surface area contributed by atoms with Crippen LogP contribution in [0.1, 0.15) is 28.3 Å². The third-order valence-corrected chi connectivity index (χ3v) is 4.68. The molecule has 1 amide bonds. The summed E-state index contributed by atoms with van der Waals surface area (Å²) in [6, 6.07) is 0. The summed E-state index contributed by atoms with van der Waals surface area (Å²) < 4.78 is 0. The molecular weight excluding hydrogens is 298 g/mol. The Balaban J connectivity index is 1.67. The van der Waals surface area contributed by atoms with Crippen molar-refractivity contribution in [3.05, 3.63) is 34.9 Å². The van der Waals surface area contributed by atoms with Crippen LogP contribution in [-0.2, 0) is 0 Å². The third kappa shape index (κ3) is 3.24. The molecule has 0 aromatic carbocycles. The van der Waals surface area contributed by atoms with Crippen molar-refractivity contribution in [2.45, 2.75) is 20.3 Å². The lowest BCUT2D eigenvalue weighted by Crippen LogP contribution is -2.35. The first kappa shape index (κ1) is 14.9. The van der Waals surface area contributed by atoms with Crippen molar-refractivity contribution in [3.8, 4) is 0 Å². The molecule has 0 unspecified atom stereocenters. The Hall–Kier alpha value is -2.02. The fourth-order valence-electron chi connectivity index (χ4n) is 2.46. The van der Waals surface area contributed by atoms with Crippen molar-refractivity contribution in [1.29, 1.82) is 0 Å². The van der Waals surface area contributed by atoms with Crippen molar-refractivity contribution < 1.29 is 4.79 Å². The van der Waals surface area contributed by atoms with E-state index in [9.17, 15) is 4.79 Å². The number of amides is 1. The van der Waals surface area contributed by atoms with Crippen LogP contribution in [0.25, 0.3) is 0 Å². The average Bonchev–Trinajstić information content (AvgIpc) is 2.81. The van der Waals surface area contributed by atoms with Gasteiger partial charge in [0.2, 0.25) is 0 Å². The summed E-state index contributed by atoms with van der Waals surface area (Å²) in [5.74, 6) is -0.0373. The maximum Gasteiger partial charge on any atom is 0.274 e. The molecule has 1 aliphatic heterocycles. The standard InChI is InChI=1S/C15H19N5OS/c1-11-8-17-13(9-16-11)14(21)19-4-3-5-20(7-6-19)15-18-12(2)10-22-15/h8-10H,3-7H2,1-2H3. The van der Waals surface area contributed by atoms with E-state index >= 15 is 0 Å². The zero-order chi connectivity index (χ0) is 15.5. The van der Waals surface area contributed by atoms with Gasteiger partial charge in [0.1, 0.15) is 5.69 Å². The minimum Gasteiger partial charge on any atom is -0.346 e. The van der Waals surface area contributed by atoms with Gasteiger partial charge in [-0.1, -0.05) is 0 Å². The number of aryl methyl sites for hydroxylation is 2. The Bertz CT molecular complexity index is 654. The molecule has 22 heavy (non-hydrogen) atoms. The van der Waals surface area contributed by atoms with Gasteiger partial charge in [0.15, 0.2) is 5.13 Å². The van der Waals surface area contributed by atoms with Gasteiger partial charge in [-0.05, 0) is 20.3 Å². The average molecular weight is 317 g/mol. The first-order valence-electron chi connectivity index (χ1n) is 7.38. The maximum atomic E-state index is 12.5. The van der Waals surface area contributed by atoms with Crippen molar-refractivity contribution in [2.75, 3.05) is 31.1 Å².